The number of rotatable bonds is 2. The summed E-state index contributed by atoms with van der Waals surface area (Å²) in [7, 11) is 0. The molecule has 0 saturated heterocycles. The fourth-order valence-corrected chi connectivity index (χ4v) is 4.48. The Kier molecular flexibility index (Phi) is 3.24. The zero-order valence-corrected chi connectivity index (χ0v) is 16.2. The third-order valence-corrected chi connectivity index (χ3v) is 5.59. The van der Waals surface area contributed by atoms with Crippen LogP contribution in [-0.2, 0) is 0 Å². The first kappa shape index (κ1) is 15.2. The van der Waals surface area contributed by atoms with E-state index in [1.54, 1.807) is 0 Å². The van der Waals surface area contributed by atoms with Crippen molar-refractivity contribution in [2.75, 3.05) is 9.80 Å². The van der Waals surface area contributed by atoms with Gasteiger partial charge in [-0.15, -0.1) is 0 Å². The normalized spacial score (nSPS) is 17.6. The van der Waals surface area contributed by atoms with Gasteiger partial charge in [-0.25, -0.2) is 0 Å². The van der Waals surface area contributed by atoms with Crippen LogP contribution in [0.2, 0.25) is 0 Å². The number of benzene rings is 3. The van der Waals surface area contributed by atoms with Crippen LogP contribution in [0.25, 0.3) is 21.9 Å². The summed E-state index contributed by atoms with van der Waals surface area (Å²) in [4.78, 5) is 4.49. The Morgan fingerprint density at radius 2 is 1.63 bits per heavy atom. The minimum atomic E-state index is -0.736. The maximum absolute atomic E-state index is 8.72. The molecule has 136 valence electrons. The lowest BCUT2D eigenvalue weighted by atomic mass is 10.1. The molecule has 0 radical (unpaired) electrons. The van der Waals surface area contributed by atoms with E-state index in [9.17, 15) is 0 Å². The van der Waals surface area contributed by atoms with Gasteiger partial charge >= 0.3 is 0 Å². The van der Waals surface area contributed by atoms with Crippen LogP contribution in [0.3, 0.4) is 0 Å². The molecule has 0 N–H and O–H groups in total. The highest BCUT2D eigenvalue weighted by molar-refractivity contribution is 6.10. The van der Waals surface area contributed by atoms with Crippen molar-refractivity contribution < 1.29 is 5.79 Å². The van der Waals surface area contributed by atoms with Crippen molar-refractivity contribution in [1.82, 2.24) is 0 Å². The largest absolute Gasteiger partial charge is 0.454 e. The average molecular weight is 357 g/mol. The van der Waals surface area contributed by atoms with Crippen LogP contribution in [0.15, 0.2) is 65.1 Å². The van der Waals surface area contributed by atoms with E-state index < -0.39 is 6.02 Å². The molecule has 0 amide bonds. The van der Waals surface area contributed by atoms with Crippen LogP contribution in [0.5, 0.6) is 0 Å². The first-order chi connectivity index (χ1) is 13.4. The first-order valence-electron chi connectivity index (χ1n) is 9.96. The Bertz CT molecular complexity index is 1200. The molecule has 5 rings (SSSR count). The second-order valence-corrected chi connectivity index (χ2v) is 7.51. The van der Waals surface area contributed by atoms with Crippen LogP contribution in [0.1, 0.15) is 27.7 Å². The number of furan rings is 1. The van der Waals surface area contributed by atoms with Crippen molar-refractivity contribution in [2.24, 2.45) is 0 Å². The van der Waals surface area contributed by atoms with Crippen LogP contribution in [-0.4, -0.2) is 12.2 Å². The lowest BCUT2D eigenvalue weighted by molar-refractivity contribution is 0.603. The van der Waals surface area contributed by atoms with E-state index in [-0.39, 0.29) is 6.17 Å². The topological polar surface area (TPSA) is 19.6 Å². The van der Waals surface area contributed by atoms with Gasteiger partial charge in [0.15, 0.2) is 5.58 Å². The summed E-state index contributed by atoms with van der Waals surface area (Å²) >= 11 is 0. The molecule has 1 aliphatic rings. The molecule has 0 spiro atoms. The number of fused-ring (bicyclic) bond motifs is 4. The Hall–Kier alpha value is -2.94. The molecule has 3 nitrogen and oxygen atoms in total. The second-order valence-electron chi connectivity index (χ2n) is 7.51. The van der Waals surface area contributed by atoms with E-state index in [2.05, 4.69) is 66.1 Å². The Balaban J connectivity index is 1.82. The van der Waals surface area contributed by atoms with E-state index in [0.29, 0.717) is 0 Å². The number of hydrogen-bond acceptors (Lipinski definition) is 3. The van der Waals surface area contributed by atoms with Gasteiger partial charge < -0.3 is 14.2 Å². The van der Waals surface area contributed by atoms with Crippen LogP contribution >= 0.6 is 0 Å². The molecule has 3 heteroatoms. The summed E-state index contributed by atoms with van der Waals surface area (Å²) in [6.45, 7) is 8.18. The van der Waals surface area contributed by atoms with Gasteiger partial charge in [0.05, 0.1) is 18.4 Å². The van der Waals surface area contributed by atoms with Crippen LogP contribution < -0.4 is 9.80 Å². The number of hydrogen-bond donors (Lipinski definition) is 0. The maximum Gasteiger partial charge on any atom is 0.159 e. The van der Waals surface area contributed by atoms with Crippen molar-refractivity contribution in [3.05, 3.63) is 66.2 Å². The van der Waals surface area contributed by atoms with Crippen molar-refractivity contribution in [3.63, 3.8) is 0 Å². The Morgan fingerprint density at radius 1 is 0.926 bits per heavy atom. The van der Waals surface area contributed by atoms with Crippen molar-refractivity contribution in [2.45, 2.75) is 39.9 Å². The summed E-state index contributed by atoms with van der Waals surface area (Å²) in [5.74, 6) is 0. The third kappa shape index (κ3) is 2.21. The predicted octanol–water partition coefficient (Wildman–Crippen LogP) is 6.61. The summed E-state index contributed by atoms with van der Waals surface area (Å²) in [5, 5.41) is 2.26. The minimum absolute atomic E-state index is 0.00223. The van der Waals surface area contributed by atoms with Gasteiger partial charge in [-0.1, -0.05) is 42.5 Å². The van der Waals surface area contributed by atoms with E-state index in [0.717, 1.165) is 44.6 Å². The molecule has 3 aromatic carbocycles. The van der Waals surface area contributed by atoms with Crippen molar-refractivity contribution in [1.29, 1.82) is 0 Å². The fraction of sp³-hybridized carbons (Fsp3) is 0.250. The SMILES string of the molecule is [2H]C(C)(C)N1c2ccccc2N(c2c(C)ccc3c2oc2ccccc23)[C@H]1C. The van der Waals surface area contributed by atoms with E-state index in [4.69, 9.17) is 5.79 Å². The lowest BCUT2D eigenvalue weighted by Gasteiger charge is -2.33. The van der Waals surface area contributed by atoms with E-state index in [1.807, 2.05) is 32.0 Å². The molecule has 1 atom stereocenters. The smallest absolute Gasteiger partial charge is 0.159 e. The molecule has 1 aliphatic heterocycles. The Morgan fingerprint density at radius 3 is 2.41 bits per heavy atom. The molecular weight excluding hydrogens is 332 g/mol. The van der Waals surface area contributed by atoms with Gasteiger partial charge in [0.1, 0.15) is 11.7 Å². The quantitative estimate of drug-likeness (QED) is 0.402. The molecule has 0 bridgehead atoms. The van der Waals surface area contributed by atoms with Crippen molar-refractivity contribution in [3.8, 4) is 0 Å². The van der Waals surface area contributed by atoms with Gasteiger partial charge in [-0.05, 0) is 51.5 Å². The molecule has 0 aliphatic carbocycles. The fourth-order valence-electron chi connectivity index (χ4n) is 4.48. The summed E-state index contributed by atoms with van der Waals surface area (Å²) in [5.41, 5.74) is 6.27. The maximum atomic E-state index is 8.72. The zero-order valence-electron chi connectivity index (χ0n) is 17.2. The number of anilines is 3. The van der Waals surface area contributed by atoms with E-state index in [1.165, 1.54) is 0 Å². The van der Waals surface area contributed by atoms with Gasteiger partial charge in [0, 0.05) is 16.8 Å². The van der Waals surface area contributed by atoms with Crippen LogP contribution in [0.4, 0.5) is 17.1 Å². The summed E-state index contributed by atoms with van der Waals surface area (Å²) < 4.78 is 15.1. The van der Waals surface area contributed by atoms with E-state index >= 15 is 0 Å². The number of nitrogens with zero attached hydrogens (tertiary/aromatic N) is 2. The van der Waals surface area contributed by atoms with Gasteiger partial charge in [0.2, 0.25) is 0 Å². The monoisotopic (exact) mass is 357 g/mol. The van der Waals surface area contributed by atoms with Crippen LogP contribution in [0, 0.1) is 6.92 Å². The molecule has 0 saturated carbocycles. The summed E-state index contributed by atoms with van der Waals surface area (Å²) in [6.07, 6.45) is 0.00223. The molecule has 4 aromatic rings. The molecule has 0 fully saturated rings. The standard InChI is InChI=1S/C24H24N2O/c1-15(2)25-17(4)26(21-11-7-6-10-20(21)25)23-16(3)13-14-19-18-9-5-8-12-22(18)27-24(19)23/h5-15,17H,1-4H3/t17-/m0/s1/i15D. The number of para-hydroxylation sites is 3. The second kappa shape index (κ2) is 5.78. The lowest BCUT2D eigenvalue weighted by Crippen LogP contribution is -2.42. The molecule has 0 unspecified atom stereocenters. The molecule has 27 heavy (non-hydrogen) atoms. The average Bonchev–Trinajstić information content (AvgIpc) is 3.16. The molecule has 1 aromatic heterocycles. The van der Waals surface area contributed by atoms with Gasteiger partial charge in [-0.3, -0.25) is 0 Å². The third-order valence-electron chi connectivity index (χ3n) is 5.59. The van der Waals surface area contributed by atoms with Gasteiger partial charge in [0.25, 0.3) is 0 Å². The minimum Gasteiger partial charge on any atom is -0.454 e. The first-order valence-corrected chi connectivity index (χ1v) is 9.46. The summed E-state index contributed by atoms with van der Waals surface area (Å²) in [6, 6.07) is 20.1. The van der Waals surface area contributed by atoms with Gasteiger partial charge in [-0.2, -0.15) is 0 Å². The predicted molar refractivity (Wildman–Crippen MR) is 114 cm³/mol. The highest BCUT2D eigenvalue weighted by Gasteiger charge is 2.37. The molecular formula is C24H24N2O. The highest BCUT2D eigenvalue weighted by Crippen LogP contribution is 2.48. The molecule has 2 heterocycles. The van der Waals surface area contributed by atoms with Crippen molar-refractivity contribution >= 4 is 39.0 Å². The number of aryl methyl sites for hydroxylation is 1. The zero-order chi connectivity index (χ0) is 19.6. The Labute approximate surface area is 161 Å². The highest BCUT2D eigenvalue weighted by atomic mass is 16.3.